The lowest BCUT2D eigenvalue weighted by Gasteiger charge is -2.41. The third-order valence-electron chi connectivity index (χ3n) is 5.39. The molecule has 1 atom stereocenters. The third-order valence-corrected chi connectivity index (χ3v) is 5.39. The van der Waals surface area contributed by atoms with Gasteiger partial charge in [0.15, 0.2) is 0 Å². The van der Waals surface area contributed by atoms with E-state index in [2.05, 4.69) is 20.5 Å². The number of anilines is 1. The van der Waals surface area contributed by atoms with Crippen LogP contribution in [0.1, 0.15) is 36.7 Å². The van der Waals surface area contributed by atoms with Crippen LogP contribution in [0.5, 0.6) is 0 Å². The fraction of sp³-hybridized carbons (Fsp3) is 0.286. The molecule has 4 rings (SSSR count). The van der Waals surface area contributed by atoms with Crippen LogP contribution in [0.4, 0.5) is 10.2 Å². The molecule has 1 saturated carbocycles. The minimum atomic E-state index is -0.991. The number of halogens is 1. The third kappa shape index (κ3) is 3.58. The van der Waals surface area contributed by atoms with E-state index in [1.165, 1.54) is 6.07 Å². The summed E-state index contributed by atoms with van der Waals surface area (Å²) in [5.41, 5.74) is 7.94. The van der Waals surface area contributed by atoms with Crippen LogP contribution >= 0.6 is 0 Å². The van der Waals surface area contributed by atoms with Crippen molar-refractivity contribution in [2.24, 2.45) is 5.73 Å². The first-order valence-electron chi connectivity index (χ1n) is 9.30. The molecule has 1 aliphatic rings. The number of nitrogens with one attached hydrogen (secondary N) is 1. The molecular formula is C21H22FN5O. The number of aliphatic hydroxyl groups excluding tert-OH is 1. The molecule has 1 unspecified atom stereocenters. The monoisotopic (exact) mass is 379 g/mol. The van der Waals surface area contributed by atoms with Crippen molar-refractivity contribution in [3.8, 4) is 11.3 Å². The Balaban J connectivity index is 1.45. The van der Waals surface area contributed by atoms with Gasteiger partial charge in [-0.25, -0.2) is 4.39 Å². The molecule has 6 nitrogen and oxygen atoms in total. The largest absolute Gasteiger partial charge is 0.375 e. The quantitative estimate of drug-likeness (QED) is 0.569. The predicted octanol–water partition coefficient (Wildman–Crippen LogP) is 3.16. The second kappa shape index (κ2) is 7.61. The number of aromatic nitrogens is 3. The summed E-state index contributed by atoms with van der Waals surface area (Å²) in [6, 6.07) is 14.0. The number of nitrogens with zero attached hydrogens (tertiary/aromatic N) is 3. The maximum atomic E-state index is 14.2. The zero-order chi connectivity index (χ0) is 19.6. The summed E-state index contributed by atoms with van der Waals surface area (Å²) in [6.07, 6.45) is 3.52. The van der Waals surface area contributed by atoms with E-state index in [0.29, 0.717) is 23.6 Å². The summed E-state index contributed by atoms with van der Waals surface area (Å²) >= 11 is 0. The summed E-state index contributed by atoms with van der Waals surface area (Å²) in [5, 5.41) is 21.2. The van der Waals surface area contributed by atoms with Crippen LogP contribution in [-0.4, -0.2) is 26.8 Å². The van der Waals surface area contributed by atoms with Gasteiger partial charge in [0.2, 0.25) is 0 Å². The Morgan fingerprint density at radius 2 is 1.89 bits per heavy atom. The van der Waals surface area contributed by atoms with Crippen molar-refractivity contribution in [3.05, 3.63) is 71.8 Å². The van der Waals surface area contributed by atoms with Crippen molar-refractivity contribution >= 4 is 5.82 Å². The van der Waals surface area contributed by atoms with Crippen molar-refractivity contribution in [1.82, 2.24) is 15.2 Å². The highest BCUT2D eigenvalue weighted by atomic mass is 19.1. The minimum absolute atomic E-state index is 0.253. The van der Waals surface area contributed by atoms with Gasteiger partial charge in [-0.1, -0.05) is 30.7 Å². The molecule has 0 bridgehead atoms. The molecule has 7 heteroatoms. The van der Waals surface area contributed by atoms with Crippen LogP contribution < -0.4 is 11.1 Å². The fourth-order valence-corrected chi connectivity index (χ4v) is 3.57. The zero-order valence-electron chi connectivity index (χ0n) is 15.3. The van der Waals surface area contributed by atoms with Gasteiger partial charge in [0.1, 0.15) is 17.9 Å². The smallest absolute Gasteiger partial charge is 0.148 e. The molecule has 0 radical (unpaired) electrons. The zero-order valence-corrected chi connectivity index (χ0v) is 15.3. The Morgan fingerprint density at radius 1 is 1.11 bits per heavy atom. The first-order valence-corrected chi connectivity index (χ1v) is 9.30. The van der Waals surface area contributed by atoms with Gasteiger partial charge in [-0.2, -0.15) is 0 Å². The molecule has 28 heavy (non-hydrogen) atoms. The Morgan fingerprint density at radius 3 is 2.46 bits per heavy atom. The number of pyridine rings is 1. The number of aliphatic hydroxyl groups is 1. The SMILES string of the molecule is NC(O)c1ccc(-c2ccc(NCC3(c4ncccc4F)CCC3)nn2)cc1. The lowest BCUT2D eigenvalue weighted by atomic mass is 9.66. The molecule has 1 aromatic carbocycles. The van der Waals surface area contributed by atoms with E-state index in [1.54, 1.807) is 24.4 Å². The van der Waals surface area contributed by atoms with E-state index >= 15 is 0 Å². The molecule has 4 N–H and O–H groups in total. The first-order chi connectivity index (χ1) is 13.6. The minimum Gasteiger partial charge on any atom is -0.375 e. The Hall–Kier alpha value is -2.90. The number of benzene rings is 1. The van der Waals surface area contributed by atoms with Gasteiger partial charge in [0.05, 0.1) is 11.4 Å². The number of hydrogen-bond acceptors (Lipinski definition) is 6. The maximum absolute atomic E-state index is 14.2. The number of rotatable bonds is 6. The summed E-state index contributed by atoms with van der Waals surface area (Å²) in [5.74, 6) is 0.386. The molecule has 2 aromatic heterocycles. The van der Waals surface area contributed by atoms with Crippen LogP contribution in [0.15, 0.2) is 54.7 Å². The topological polar surface area (TPSA) is 97.0 Å². The van der Waals surface area contributed by atoms with Crippen LogP contribution in [0.2, 0.25) is 0 Å². The van der Waals surface area contributed by atoms with E-state index in [9.17, 15) is 9.50 Å². The predicted molar refractivity (Wildman–Crippen MR) is 105 cm³/mol. The van der Waals surface area contributed by atoms with Gasteiger partial charge < -0.3 is 16.2 Å². The van der Waals surface area contributed by atoms with Crippen molar-refractivity contribution in [2.75, 3.05) is 11.9 Å². The van der Waals surface area contributed by atoms with Crippen molar-refractivity contribution < 1.29 is 9.50 Å². The number of hydrogen-bond donors (Lipinski definition) is 3. The molecule has 0 aliphatic heterocycles. The van der Waals surface area contributed by atoms with Crippen molar-refractivity contribution in [2.45, 2.75) is 30.9 Å². The Labute approximate surface area is 162 Å². The molecular weight excluding hydrogens is 357 g/mol. The van der Waals surface area contributed by atoms with Gasteiger partial charge in [-0.15, -0.1) is 10.2 Å². The van der Waals surface area contributed by atoms with E-state index in [4.69, 9.17) is 5.73 Å². The molecule has 0 saturated heterocycles. The molecule has 1 aliphatic carbocycles. The second-order valence-corrected chi connectivity index (χ2v) is 7.19. The molecule has 2 heterocycles. The van der Waals surface area contributed by atoms with E-state index in [-0.39, 0.29) is 11.2 Å². The molecule has 0 spiro atoms. The highest BCUT2D eigenvalue weighted by Crippen LogP contribution is 2.43. The van der Waals surface area contributed by atoms with E-state index in [0.717, 1.165) is 30.5 Å². The lowest BCUT2D eigenvalue weighted by Crippen LogP contribution is -2.42. The first kappa shape index (κ1) is 18.5. The van der Waals surface area contributed by atoms with Gasteiger partial charge in [-0.05, 0) is 42.7 Å². The molecule has 1 fully saturated rings. The van der Waals surface area contributed by atoms with Crippen LogP contribution in [-0.2, 0) is 5.41 Å². The highest BCUT2D eigenvalue weighted by molar-refractivity contribution is 5.60. The van der Waals surface area contributed by atoms with Gasteiger partial charge >= 0.3 is 0 Å². The molecule has 3 aromatic rings. The van der Waals surface area contributed by atoms with Crippen LogP contribution in [0, 0.1) is 5.82 Å². The Bertz CT molecular complexity index is 940. The molecule has 0 amide bonds. The van der Waals surface area contributed by atoms with E-state index in [1.807, 2.05) is 24.3 Å². The van der Waals surface area contributed by atoms with Crippen LogP contribution in [0.25, 0.3) is 11.3 Å². The second-order valence-electron chi connectivity index (χ2n) is 7.19. The fourth-order valence-electron chi connectivity index (χ4n) is 3.57. The standard InChI is InChI=1S/C21H22FN5O/c22-16-3-1-12-24-19(16)21(10-2-11-21)13-25-18-9-8-17(26-27-18)14-4-6-15(7-5-14)20(23)28/h1,3-9,12,20,28H,2,10-11,13,23H2,(H,25,27). The van der Waals surface area contributed by atoms with Crippen LogP contribution in [0.3, 0.4) is 0 Å². The van der Waals surface area contributed by atoms with E-state index < -0.39 is 6.23 Å². The van der Waals surface area contributed by atoms with Crippen molar-refractivity contribution in [1.29, 1.82) is 0 Å². The summed E-state index contributed by atoms with van der Waals surface area (Å²) in [6.45, 7) is 0.568. The van der Waals surface area contributed by atoms with Crippen molar-refractivity contribution in [3.63, 3.8) is 0 Å². The summed E-state index contributed by atoms with van der Waals surface area (Å²) < 4.78 is 14.2. The highest BCUT2D eigenvalue weighted by Gasteiger charge is 2.41. The average Bonchev–Trinajstić information content (AvgIpc) is 2.69. The lowest BCUT2D eigenvalue weighted by molar-refractivity contribution is 0.186. The normalized spacial score (nSPS) is 16.2. The Kier molecular flexibility index (Phi) is 5.02. The number of nitrogens with two attached hydrogens (primary N) is 1. The average molecular weight is 379 g/mol. The summed E-state index contributed by atoms with van der Waals surface area (Å²) in [4.78, 5) is 4.28. The van der Waals surface area contributed by atoms with Gasteiger partial charge in [0.25, 0.3) is 0 Å². The van der Waals surface area contributed by atoms with Gasteiger partial charge in [-0.3, -0.25) is 4.98 Å². The maximum Gasteiger partial charge on any atom is 0.148 e. The molecule has 144 valence electrons. The summed E-state index contributed by atoms with van der Waals surface area (Å²) in [7, 11) is 0. The van der Waals surface area contributed by atoms with Gasteiger partial charge in [0, 0.05) is 23.7 Å².